The molecule has 0 radical (unpaired) electrons. The summed E-state index contributed by atoms with van der Waals surface area (Å²) in [4.78, 5) is 18.2. The Kier molecular flexibility index (Phi) is 3.70. The van der Waals surface area contributed by atoms with Gasteiger partial charge in [-0.25, -0.2) is 13.8 Å². The fraction of sp³-hybridized carbons (Fsp3) is 0.0909. The van der Waals surface area contributed by atoms with E-state index in [1.165, 1.54) is 17.4 Å². The third-order valence-electron chi connectivity index (χ3n) is 5.00. The highest BCUT2D eigenvalue weighted by atomic mass is 32.1. The number of nitrogens with zero attached hydrogens (tertiary/aromatic N) is 3. The molecule has 0 saturated heterocycles. The van der Waals surface area contributed by atoms with E-state index in [4.69, 9.17) is 0 Å². The lowest BCUT2D eigenvalue weighted by atomic mass is 10.2. The number of para-hydroxylation sites is 3. The zero-order valence-electron chi connectivity index (χ0n) is 15.3. The van der Waals surface area contributed by atoms with Gasteiger partial charge in [0.05, 0.1) is 21.3 Å². The molecule has 0 atom stereocenters. The van der Waals surface area contributed by atoms with E-state index in [1.807, 2.05) is 60.9 Å². The summed E-state index contributed by atoms with van der Waals surface area (Å²) in [6.45, 7) is 3.87. The summed E-state index contributed by atoms with van der Waals surface area (Å²) in [6, 6.07) is 16.3. The molecule has 5 rings (SSSR count). The lowest BCUT2D eigenvalue weighted by Crippen LogP contribution is -2.22. The van der Waals surface area contributed by atoms with Crippen LogP contribution in [0.4, 0.5) is 4.39 Å². The van der Waals surface area contributed by atoms with Gasteiger partial charge >= 0.3 is 0 Å². The summed E-state index contributed by atoms with van der Waals surface area (Å²) in [5, 5.41) is 0. The number of aromatic nitrogens is 3. The normalized spacial score (nSPS) is 12.5. The quantitative estimate of drug-likeness (QED) is 0.458. The Hall–Kier alpha value is -3.25. The maximum Gasteiger partial charge on any atom is 0.274 e. The molecule has 138 valence electrons. The van der Waals surface area contributed by atoms with Crippen molar-refractivity contribution < 1.29 is 4.39 Å². The van der Waals surface area contributed by atoms with Gasteiger partial charge in [-0.1, -0.05) is 35.6 Å². The minimum absolute atomic E-state index is 0.0793. The van der Waals surface area contributed by atoms with Crippen LogP contribution in [-0.2, 0) is 0 Å². The Bertz CT molecular complexity index is 1480. The maximum absolute atomic E-state index is 14.3. The predicted octanol–water partition coefficient (Wildman–Crippen LogP) is 4.00. The van der Waals surface area contributed by atoms with Crippen LogP contribution in [0.3, 0.4) is 0 Å². The van der Waals surface area contributed by atoms with Gasteiger partial charge in [-0.05, 0) is 55.8 Å². The van der Waals surface area contributed by atoms with Crippen LogP contribution in [0.5, 0.6) is 0 Å². The molecule has 0 aliphatic rings. The highest BCUT2D eigenvalue weighted by molar-refractivity contribution is 7.15. The first-order chi connectivity index (χ1) is 13.5. The molecule has 0 N–H and O–H groups in total. The minimum Gasteiger partial charge on any atom is -0.315 e. The van der Waals surface area contributed by atoms with Gasteiger partial charge in [0, 0.05) is 11.4 Å². The third-order valence-corrected chi connectivity index (χ3v) is 5.96. The minimum atomic E-state index is -0.276. The zero-order chi connectivity index (χ0) is 19.4. The van der Waals surface area contributed by atoms with E-state index in [-0.39, 0.29) is 11.4 Å². The van der Waals surface area contributed by atoms with E-state index in [0.717, 1.165) is 28.0 Å². The largest absolute Gasteiger partial charge is 0.315 e. The van der Waals surface area contributed by atoms with Crippen LogP contribution in [-0.4, -0.2) is 14.0 Å². The van der Waals surface area contributed by atoms with Crippen molar-refractivity contribution in [2.75, 3.05) is 0 Å². The lowest BCUT2D eigenvalue weighted by molar-refractivity contribution is 0.616. The molecule has 0 aliphatic carbocycles. The van der Waals surface area contributed by atoms with Crippen molar-refractivity contribution in [2.24, 2.45) is 0 Å². The Morgan fingerprint density at radius 2 is 1.82 bits per heavy atom. The molecule has 5 aromatic rings. The van der Waals surface area contributed by atoms with Gasteiger partial charge in [0.1, 0.15) is 5.82 Å². The highest BCUT2D eigenvalue weighted by Crippen LogP contribution is 2.23. The number of halogens is 1. The molecular formula is C22H16FN3OS. The molecule has 2 aromatic carbocycles. The summed E-state index contributed by atoms with van der Waals surface area (Å²) < 4.78 is 18.4. The molecule has 0 saturated carbocycles. The van der Waals surface area contributed by atoms with Gasteiger partial charge in [-0.3, -0.25) is 4.79 Å². The van der Waals surface area contributed by atoms with Gasteiger partial charge in [0.2, 0.25) is 0 Å². The van der Waals surface area contributed by atoms with Gasteiger partial charge in [0.25, 0.3) is 5.56 Å². The average molecular weight is 389 g/mol. The van der Waals surface area contributed by atoms with Gasteiger partial charge in [-0.2, -0.15) is 0 Å². The van der Waals surface area contributed by atoms with Crippen molar-refractivity contribution >= 4 is 33.4 Å². The van der Waals surface area contributed by atoms with Crippen molar-refractivity contribution in [3.05, 3.63) is 92.3 Å². The van der Waals surface area contributed by atoms with E-state index in [1.54, 1.807) is 16.5 Å². The van der Waals surface area contributed by atoms with Crippen molar-refractivity contribution in [1.82, 2.24) is 14.0 Å². The summed E-state index contributed by atoms with van der Waals surface area (Å²) >= 11 is 1.37. The molecule has 0 spiro atoms. The lowest BCUT2D eigenvalue weighted by Gasteiger charge is -2.10. The summed E-state index contributed by atoms with van der Waals surface area (Å²) in [6.07, 6.45) is 1.87. The van der Waals surface area contributed by atoms with Crippen LogP contribution < -0.4 is 10.1 Å². The average Bonchev–Trinajstić information content (AvgIpc) is 3.28. The van der Waals surface area contributed by atoms with Crippen molar-refractivity contribution in [3.8, 4) is 5.69 Å². The topological polar surface area (TPSA) is 39.3 Å². The van der Waals surface area contributed by atoms with E-state index in [9.17, 15) is 9.18 Å². The smallest absolute Gasteiger partial charge is 0.274 e. The molecule has 6 heteroatoms. The Morgan fingerprint density at radius 3 is 2.64 bits per heavy atom. The Labute approximate surface area is 163 Å². The van der Waals surface area contributed by atoms with Crippen LogP contribution in [0, 0.1) is 19.7 Å². The second kappa shape index (κ2) is 6.14. The number of fused-ring (bicyclic) bond motifs is 3. The molecule has 3 heterocycles. The standard InChI is InChI=1S/C22H16FN3OS/c1-13-11-15(14(2)25(13)18-9-5-3-7-16(18)23)12-20-21(27)26-19-10-6-4-8-17(19)24-22(26)28-20/h3-12H,1-2H3. The molecule has 0 bridgehead atoms. The number of rotatable bonds is 2. The van der Waals surface area contributed by atoms with E-state index in [0.29, 0.717) is 15.2 Å². The number of hydrogen-bond donors (Lipinski definition) is 0. The number of aryl methyl sites for hydroxylation is 1. The molecule has 0 fully saturated rings. The summed E-state index contributed by atoms with van der Waals surface area (Å²) in [7, 11) is 0. The van der Waals surface area contributed by atoms with Crippen molar-refractivity contribution in [3.63, 3.8) is 0 Å². The molecule has 28 heavy (non-hydrogen) atoms. The Balaban J connectivity index is 1.72. The fourth-order valence-electron chi connectivity index (χ4n) is 3.69. The molecule has 4 nitrogen and oxygen atoms in total. The van der Waals surface area contributed by atoms with Crippen LogP contribution in [0.15, 0.2) is 59.4 Å². The van der Waals surface area contributed by atoms with E-state index >= 15 is 0 Å². The first-order valence-corrected chi connectivity index (χ1v) is 9.72. The first-order valence-electron chi connectivity index (χ1n) is 8.90. The molecule has 3 aromatic heterocycles. The second-order valence-electron chi connectivity index (χ2n) is 6.75. The SMILES string of the molecule is Cc1cc(C=c2sc3nc4ccccc4n3c2=O)c(C)n1-c1ccccc1F. The van der Waals surface area contributed by atoms with Crippen LogP contribution >= 0.6 is 11.3 Å². The number of hydrogen-bond acceptors (Lipinski definition) is 3. The van der Waals surface area contributed by atoms with Gasteiger partial charge in [0.15, 0.2) is 4.96 Å². The van der Waals surface area contributed by atoms with Crippen molar-refractivity contribution in [1.29, 1.82) is 0 Å². The fourth-order valence-corrected chi connectivity index (χ4v) is 4.67. The summed E-state index contributed by atoms with van der Waals surface area (Å²) in [5.41, 5.74) is 4.75. The van der Waals surface area contributed by atoms with Crippen molar-refractivity contribution in [2.45, 2.75) is 13.8 Å². The second-order valence-corrected chi connectivity index (χ2v) is 7.76. The number of imidazole rings is 1. The maximum atomic E-state index is 14.3. The Morgan fingerprint density at radius 1 is 1.07 bits per heavy atom. The molecule has 0 aliphatic heterocycles. The molecule has 0 unspecified atom stereocenters. The molecule has 0 amide bonds. The first kappa shape index (κ1) is 16.9. The van der Waals surface area contributed by atoms with Crippen LogP contribution in [0.1, 0.15) is 17.0 Å². The van der Waals surface area contributed by atoms with E-state index < -0.39 is 0 Å². The molecular weight excluding hydrogens is 373 g/mol. The third kappa shape index (κ3) is 2.42. The van der Waals surface area contributed by atoms with Gasteiger partial charge < -0.3 is 4.57 Å². The summed E-state index contributed by atoms with van der Waals surface area (Å²) in [5.74, 6) is -0.276. The highest BCUT2D eigenvalue weighted by Gasteiger charge is 2.14. The monoisotopic (exact) mass is 389 g/mol. The van der Waals surface area contributed by atoms with Gasteiger partial charge in [-0.15, -0.1) is 0 Å². The number of thiazole rings is 1. The predicted molar refractivity (Wildman–Crippen MR) is 111 cm³/mol. The number of benzene rings is 2. The van der Waals surface area contributed by atoms with Crippen LogP contribution in [0.2, 0.25) is 0 Å². The zero-order valence-corrected chi connectivity index (χ0v) is 16.1. The van der Waals surface area contributed by atoms with Crippen LogP contribution in [0.25, 0.3) is 27.8 Å². The van der Waals surface area contributed by atoms with E-state index in [2.05, 4.69) is 4.98 Å².